The number of fused-ring (bicyclic) bond motifs is 2. The first-order valence-electron chi connectivity index (χ1n) is 10.0. The predicted octanol–water partition coefficient (Wildman–Crippen LogP) is 2.42. The quantitative estimate of drug-likeness (QED) is 0.579. The van der Waals surface area contributed by atoms with Gasteiger partial charge in [-0.05, 0) is 44.0 Å². The number of nitrogens with zero attached hydrogens (tertiary/aromatic N) is 5. The Kier molecular flexibility index (Phi) is 4.88. The Bertz CT molecular complexity index is 1230. The molecule has 1 fully saturated rings. The lowest BCUT2D eigenvalue weighted by Gasteiger charge is -2.24. The van der Waals surface area contributed by atoms with Crippen molar-refractivity contribution in [3.8, 4) is 0 Å². The minimum atomic E-state index is -0.574. The Morgan fingerprint density at radius 3 is 2.77 bits per heavy atom. The molecule has 0 saturated carbocycles. The van der Waals surface area contributed by atoms with Gasteiger partial charge in [-0.25, -0.2) is 9.67 Å². The molecule has 1 atom stereocenters. The Morgan fingerprint density at radius 2 is 2.00 bits per heavy atom. The van der Waals surface area contributed by atoms with E-state index in [1.54, 1.807) is 4.57 Å². The number of likely N-dealkylation sites (tertiary alicyclic amines) is 1. The van der Waals surface area contributed by atoms with Crippen molar-refractivity contribution < 1.29 is 0 Å². The fourth-order valence-corrected chi connectivity index (χ4v) is 5.50. The van der Waals surface area contributed by atoms with Crippen LogP contribution in [0.25, 0.3) is 0 Å². The van der Waals surface area contributed by atoms with Crippen molar-refractivity contribution in [1.82, 2.24) is 24.2 Å². The van der Waals surface area contributed by atoms with Gasteiger partial charge >= 0.3 is 11.1 Å². The van der Waals surface area contributed by atoms with Crippen LogP contribution in [0.5, 0.6) is 0 Å². The van der Waals surface area contributed by atoms with E-state index in [1.165, 1.54) is 21.6 Å². The normalized spacial score (nSPS) is 20.9. The number of hydrogen-bond acceptors (Lipinski definition) is 6. The van der Waals surface area contributed by atoms with Gasteiger partial charge in [-0.15, -0.1) is 11.3 Å². The van der Waals surface area contributed by atoms with E-state index in [9.17, 15) is 9.59 Å². The van der Waals surface area contributed by atoms with Crippen molar-refractivity contribution in [2.24, 2.45) is 0 Å². The van der Waals surface area contributed by atoms with E-state index in [4.69, 9.17) is 16.7 Å². The van der Waals surface area contributed by atoms with Crippen molar-refractivity contribution in [3.63, 3.8) is 0 Å². The summed E-state index contributed by atoms with van der Waals surface area (Å²) in [4.78, 5) is 32.2. The molecule has 0 N–H and O–H groups in total. The van der Waals surface area contributed by atoms with Gasteiger partial charge in [0, 0.05) is 35.5 Å². The standard InChI is InChI=1S/C21H22ClN5O2S/c1-14-23-17(12-30-14)11-27-19(29)18(28)26-8-6-21(20(26)24-27)5-7-25(13-21)10-15-3-2-4-16(22)9-15/h2-4,9,12H,5-8,10-11,13H2,1H3/t21-/m0/s1. The molecule has 1 saturated heterocycles. The molecule has 9 heteroatoms. The molecule has 2 aromatic heterocycles. The maximum atomic E-state index is 12.8. The highest BCUT2D eigenvalue weighted by molar-refractivity contribution is 7.09. The fourth-order valence-electron chi connectivity index (χ4n) is 4.69. The molecule has 0 bridgehead atoms. The van der Waals surface area contributed by atoms with Crippen LogP contribution in [-0.4, -0.2) is 37.3 Å². The van der Waals surface area contributed by atoms with E-state index in [0.29, 0.717) is 6.54 Å². The molecule has 0 unspecified atom stereocenters. The van der Waals surface area contributed by atoms with E-state index in [2.05, 4.69) is 16.0 Å². The van der Waals surface area contributed by atoms with E-state index < -0.39 is 11.1 Å². The number of rotatable bonds is 4. The van der Waals surface area contributed by atoms with Crippen molar-refractivity contribution in [1.29, 1.82) is 0 Å². The number of thiazole rings is 1. The van der Waals surface area contributed by atoms with Gasteiger partial charge in [-0.1, -0.05) is 23.7 Å². The maximum absolute atomic E-state index is 12.8. The van der Waals surface area contributed by atoms with E-state index in [1.807, 2.05) is 30.5 Å². The summed E-state index contributed by atoms with van der Waals surface area (Å²) in [5.41, 5.74) is 0.696. The molecular formula is C21H22ClN5O2S. The van der Waals surface area contributed by atoms with Crippen LogP contribution in [-0.2, 0) is 25.0 Å². The second kappa shape index (κ2) is 7.44. The van der Waals surface area contributed by atoms with Gasteiger partial charge in [0.05, 0.1) is 17.2 Å². The first-order valence-corrected chi connectivity index (χ1v) is 11.3. The molecule has 5 rings (SSSR count). The van der Waals surface area contributed by atoms with Crippen molar-refractivity contribution in [3.05, 3.63) is 77.5 Å². The minimum Gasteiger partial charge on any atom is -0.298 e. The molecule has 7 nitrogen and oxygen atoms in total. The molecule has 3 aromatic rings. The van der Waals surface area contributed by atoms with Crippen LogP contribution in [0.1, 0.15) is 34.9 Å². The summed E-state index contributed by atoms with van der Waals surface area (Å²) < 4.78 is 2.89. The first kappa shape index (κ1) is 19.7. The SMILES string of the molecule is Cc1nc(Cn2nc3n(c(=O)c2=O)CC[C@]32CCN(Cc3cccc(Cl)c3)C2)cs1. The van der Waals surface area contributed by atoms with Gasteiger partial charge in [0.1, 0.15) is 5.82 Å². The highest BCUT2D eigenvalue weighted by atomic mass is 35.5. The topological polar surface area (TPSA) is 73.0 Å². The third kappa shape index (κ3) is 3.42. The molecule has 0 amide bonds. The number of aromatic nitrogens is 4. The highest BCUT2D eigenvalue weighted by Crippen LogP contribution is 2.40. The Labute approximate surface area is 182 Å². The lowest BCUT2D eigenvalue weighted by molar-refractivity contribution is 0.298. The molecule has 30 heavy (non-hydrogen) atoms. The molecule has 1 spiro atoms. The number of hydrogen-bond donors (Lipinski definition) is 0. The molecule has 2 aliphatic rings. The first-order chi connectivity index (χ1) is 14.4. The average molecular weight is 444 g/mol. The molecule has 4 heterocycles. The summed E-state index contributed by atoms with van der Waals surface area (Å²) in [6.45, 7) is 5.26. The zero-order valence-corrected chi connectivity index (χ0v) is 18.2. The molecule has 1 aromatic carbocycles. The van der Waals surface area contributed by atoms with Crippen LogP contribution in [0.4, 0.5) is 0 Å². The summed E-state index contributed by atoms with van der Waals surface area (Å²) in [6, 6.07) is 7.92. The number of benzene rings is 1. The lowest BCUT2D eigenvalue weighted by atomic mass is 9.85. The van der Waals surface area contributed by atoms with Crippen LogP contribution < -0.4 is 11.1 Å². The zero-order valence-electron chi connectivity index (χ0n) is 16.7. The van der Waals surface area contributed by atoms with Crippen LogP contribution in [0.15, 0.2) is 39.2 Å². The van der Waals surface area contributed by atoms with E-state index >= 15 is 0 Å². The largest absolute Gasteiger partial charge is 0.332 e. The Morgan fingerprint density at radius 1 is 1.17 bits per heavy atom. The minimum absolute atomic E-state index is 0.189. The second-order valence-electron chi connectivity index (χ2n) is 8.22. The summed E-state index contributed by atoms with van der Waals surface area (Å²) in [7, 11) is 0. The number of aryl methyl sites for hydroxylation is 1. The monoisotopic (exact) mass is 443 g/mol. The van der Waals surface area contributed by atoms with Gasteiger partial charge < -0.3 is 0 Å². The van der Waals surface area contributed by atoms with E-state index in [-0.39, 0.29) is 12.0 Å². The lowest BCUT2D eigenvalue weighted by Crippen LogP contribution is -2.45. The third-order valence-electron chi connectivity index (χ3n) is 6.13. The van der Waals surface area contributed by atoms with Gasteiger partial charge in [0.15, 0.2) is 0 Å². The van der Waals surface area contributed by atoms with Crippen LogP contribution in [0, 0.1) is 6.92 Å². The summed E-state index contributed by atoms with van der Waals surface area (Å²) in [5, 5.41) is 8.27. The van der Waals surface area contributed by atoms with Crippen molar-refractivity contribution in [2.45, 2.75) is 44.8 Å². The van der Waals surface area contributed by atoms with E-state index in [0.717, 1.165) is 54.0 Å². The summed E-state index contributed by atoms with van der Waals surface area (Å²) >= 11 is 7.66. The predicted molar refractivity (Wildman–Crippen MR) is 116 cm³/mol. The van der Waals surface area contributed by atoms with Gasteiger partial charge in [-0.3, -0.25) is 19.1 Å². The smallest absolute Gasteiger partial charge is 0.298 e. The molecule has 2 aliphatic heterocycles. The van der Waals surface area contributed by atoms with Gasteiger partial charge in [0.25, 0.3) is 0 Å². The van der Waals surface area contributed by atoms with Crippen LogP contribution in [0.2, 0.25) is 5.02 Å². The number of halogens is 1. The molecular weight excluding hydrogens is 422 g/mol. The summed E-state index contributed by atoms with van der Waals surface area (Å²) in [5.74, 6) is 0.743. The Balaban J connectivity index is 1.44. The van der Waals surface area contributed by atoms with Crippen molar-refractivity contribution >= 4 is 22.9 Å². The average Bonchev–Trinajstić information content (AvgIpc) is 3.40. The highest BCUT2D eigenvalue weighted by Gasteiger charge is 2.47. The van der Waals surface area contributed by atoms with Crippen LogP contribution in [0.3, 0.4) is 0 Å². The zero-order chi connectivity index (χ0) is 20.9. The summed E-state index contributed by atoms with van der Waals surface area (Å²) in [6.07, 6.45) is 1.76. The van der Waals surface area contributed by atoms with Gasteiger partial charge in [-0.2, -0.15) is 5.10 Å². The third-order valence-corrected chi connectivity index (χ3v) is 7.19. The molecule has 156 valence electrons. The second-order valence-corrected chi connectivity index (χ2v) is 9.72. The van der Waals surface area contributed by atoms with Gasteiger partial charge in [0.2, 0.25) is 0 Å². The molecule has 0 radical (unpaired) electrons. The molecule has 0 aliphatic carbocycles. The fraction of sp³-hybridized carbons (Fsp3) is 0.429. The van der Waals surface area contributed by atoms with Crippen LogP contribution >= 0.6 is 22.9 Å². The maximum Gasteiger partial charge on any atom is 0.332 e. The Hall–Kier alpha value is -2.29. The van der Waals surface area contributed by atoms with Crippen molar-refractivity contribution in [2.75, 3.05) is 13.1 Å².